The summed E-state index contributed by atoms with van der Waals surface area (Å²) in [5.74, 6) is 0. The maximum Gasteiger partial charge on any atom is 0.0832 e. The van der Waals surface area contributed by atoms with Crippen LogP contribution < -0.4 is 5.32 Å². The van der Waals surface area contributed by atoms with Crippen molar-refractivity contribution < 1.29 is 4.74 Å². The van der Waals surface area contributed by atoms with Crippen LogP contribution in [0.1, 0.15) is 52.3 Å². The highest BCUT2D eigenvalue weighted by Gasteiger charge is 2.32. The van der Waals surface area contributed by atoms with E-state index in [0.29, 0.717) is 0 Å². The molecule has 1 rings (SSSR count). The second kappa shape index (κ2) is 6.85. The summed E-state index contributed by atoms with van der Waals surface area (Å²) in [7, 11) is 1.74. The second-order valence-corrected chi connectivity index (χ2v) is 5.08. The first-order chi connectivity index (χ1) is 8.56. The number of nitrogens with one attached hydrogen (secondary N) is 1. The Bertz CT molecular complexity index is 349. The molecule has 0 saturated carbocycles. The van der Waals surface area contributed by atoms with Crippen LogP contribution in [0, 0.1) is 0 Å². The molecule has 0 bridgehead atoms. The molecule has 0 aliphatic carbocycles. The first-order valence-corrected chi connectivity index (χ1v) is 6.73. The van der Waals surface area contributed by atoms with Crippen LogP contribution in [0.25, 0.3) is 0 Å². The maximum absolute atomic E-state index is 5.62. The van der Waals surface area contributed by atoms with Gasteiger partial charge in [-0.2, -0.15) is 0 Å². The van der Waals surface area contributed by atoms with Crippen molar-refractivity contribution >= 4 is 0 Å². The molecular weight excluding hydrogens is 228 g/mol. The van der Waals surface area contributed by atoms with E-state index in [1.807, 2.05) is 10.9 Å². The summed E-state index contributed by atoms with van der Waals surface area (Å²) in [6.07, 6.45) is 3.97. The van der Waals surface area contributed by atoms with Crippen molar-refractivity contribution in [3.05, 3.63) is 11.9 Å². The van der Waals surface area contributed by atoms with E-state index >= 15 is 0 Å². The lowest BCUT2D eigenvalue weighted by molar-refractivity contribution is -0.0135. The Morgan fingerprint density at radius 1 is 1.39 bits per heavy atom. The molecule has 0 aliphatic heterocycles. The molecule has 1 aromatic heterocycles. The molecule has 5 nitrogen and oxygen atoms in total. The molecular formula is C13H26N4O. The third kappa shape index (κ3) is 3.53. The van der Waals surface area contributed by atoms with E-state index in [1.165, 1.54) is 0 Å². The van der Waals surface area contributed by atoms with Gasteiger partial charge in [-0.25, -0.2) is 4.68 Å². The summed E-state index contributed by atoms with van der Waals surface area (Å²) in [6, 6.07) is 0.101. The van der Waals surface area contributed by atoms with Crippen molar-refractivity contribution in [3.8, 4) is 0 Å². The minimum atomic E-state index is -0.289. The van der Waals surface area contributed by atoms with Crippen LogP contribution in [0.5, 0.6) is 0 Å². The molecule has 1 heterocycles. The average molecular weight is 254 g/mol. The van der Waals surface area contributed by atoms with Gasteiger partial charge in [0, 0.05) is 13.7 Å². The van der Waals surface area contributed by atoms with Crippen LogP contribution >= 0.6 is 0 Å². The number of aromatic nitrogens is 3. The van der Waals surface area contributed by atoms with E-state index < -0.39 is 0 Å². The van der Waals surface area contributed by atoms with Crippen molar-refractivity contribution in [2.24, 2.45) is 0 Å². The number of hydrogen-bond acceptors (Lipinski definition) is 4. The summed E-state index contributed by atoms with van der Waals surface area (Å²) in [4.78, 5) is 0. The number of aryl methyl sites for hydroxylation is 1. The number of ether oxygens (including phenoxy) is 1. The van der Waals surface area contributed by atoms with Gasteiger partial charge in [-0.3, -0.25) is 0 Å². The molecule has 0 amide bonds. The summed E-state index contributed by atoms with van der Waals surface area (Å²) < 4.78 is 7.59. The zero-order chi connectivity index (χ0) is 13.6. The Morgan fingerprint density at radius 2 is 2.11 bits per heavy atom. The molecule has 104 valence electrons. The van der Waals surface area contributed by atoms with Crippen LogP contribution in [0.15, 0.2) is 6.20 Å². The smallest absolute Gasteiger partial charge is 0.0832 e. The Labute approximate surface area is 110 Å². The van der Waals surface area contributed by atoms with Gasteiger partial charge in [-0.15, -0.1) is 5.10 Å². The fraction of sp³-hybridized carbons (Fsp3) is 0.846. The Kier molecular flexibility index (Phi) is 5.75. The Balaban J connectivity index is 2.97. The molecule has 0 aromatic carbocycles. The normalized spacial score (nSPS) is 13.8. The van der Waals surface area contributed by atoms with Gasteiger partial charge in [-0.1, -0.05) is 19.1 Å². The van der Waals surface area contributed by atoms with Gasteiger partial charge in [0.2, 0.25) is 0 Å². The van der Waals surface area contributed by atoms with Crippen molar-refractivity contribution in [2.75, 3.05) is 13.7 Å². The fourth-order valence-corrected chi connectivity index (χ4v) is 1.99. The second-order valence-electron chi connectivity index (χ2n) is 5.08. The van der Waals surface area contributed by atoms with E-state index in [9.17, 15) is 0 Å². The van der Waals surface area contributed by atoms with Crippen LogP contribution in [0.4, 0.5) is 0 Å². The summed E-state index contributed by atoms with van der Waals surface area (Å²) in [5, 5.41) is 11.7. The van der Waals surface area contributed by atoms with Crippen molar-refractivity contribution in [3.63, 3.8) is 0 Å². The van der Waals surface area contributed by atoms with Gasteiger partial charge < -0.3 is 10.1 Å². The van der Waals surface area contributed by atoms with E-state index in [2.05, 4.69) is 43.3 Å². The minimum absolute atomic E-state index is 0.101. The molecule has 1 atom stereocenters. The molecule has 0 spiro atoms. The number of nitrogens with zero attached hydrogens (tertiary/aromatic N) is 3. The van der Waals surface area contributed by atoms with E-state index in [0.717, 1.165) is 31.6 Å². The first kappa shape index (κ1) is 15.1. The van der Waals surface area contributed by atoms with Gasteiger partial charge in [-0.05, 0) is 33.2 Å². The highest BCUT2D eigenvalue weighted by molar-refractivity contribution is 5.08. The maximum atomic E-state index is 5.62. The van der Waals surface area contributed by atoms with Gasteiger partial charge >= 0.3 is 0 Å². The average Bonchev–Trinajstić information content (AvgIpc) is 2.78. The van der Waals surface area contributed by atoms with Crippen molar-refractivity contribution in [1.29, 1.82) is 0 Å². The van der Waals surface area contributed by atoms with E-state index in [-0.39, 0.29) is 11.6 Å². The van der Waals surface area contributed by atoms with Crippen LogP contribution in [-0.2, 0) is 11.3 Å². The van der Waals surface area contributed by atoms with Crippen molar-refractivity contribution in [1.82, 2.24) is 20.3 Å². The molecule has 1 N–H and O–H groups in total. The monoisotopic (exact) mass is 254 g/mol. The third-order valence-corrected chi connectivity index (χ3v) is 3.20. The first-order valence-electron chi connectivity index (χ1n) is 6.73. The van der Waals surface area contributed by atoms with Crippen molar-refractivity contribution in [2.45, 2.75) is 58.7 Å². The van der Waals surface area contributed by atoms with Gasteiger partial charge in [0.15, 0.2) is 0 Å². The van der Waals surface area contributed by atoms with E-state index in [4.69, 9.17) is 4.74 Å². The summed E-state index contributed by atoms with van der Waals surface area (Å²) in [6.45, 7) is 10.3. The highest BCUT2D eigenvalue weighted by atomic mass is 16.5. The lowest BCUT2D eigenvalue weighted by atomic mass is 9.95. The van der Waals surface area contributed by atoms with Crippen LogP contribution in [-0.4, -0.2) is 34.2 Å². The predicted molar refractivity (Wildman–Crippen MR) is 72.4 cm³/mol. The van der Waals surface area contributed by atoms with Gasteiger partial charge in [0.1, 0.15) is 0 Å². The molecule has 0 radical (unpaired) electrons. The third-order valence-electron chi connectivity index (χ3n) is 3.20. The SMILES string of the molecule is CCCNC(c1cnnn1CCC)C(C)(C)OC. The Morgan fingerprint density at radius 3 is 2.67 bits per heavy atom. The number of hydrogen-bond donors (Lipinski definition) is 1. The lowest BCUT2D eigenvalue weighted by Crippen LogP contribution is -2.42. The van der Waals surface area contributed by atoms with Gasteiger partial charge in [0.25, 0.3) is 0 Å². The quantitative estimate of drug-likeness (QED) is 0.772. The largest absolute Gasteiger partial charge is 0.377 e. The van der Waals surface area contributed by atoms with Gasteiger partial charge in [0.05, 0.1) is 23.5 Å². The molecule has 5 heteroatoms. The lowest BCUT2D eigenvalue weighted by Gasteiger charge is -2.33. The highest BCUT2D eigenvalue weighted by Crippen LogP contribution is 2.27. The summed E-state index contributed by atoms with van der Waals surface area (Å²) >= 11 is 0. The minimum Gasteiger partial charge on any atom is -0.377 e. The molecule has 0 aliphatic rings. The predicted octanol–water partition coefficient (Wildman–Crippen LogP) is 2.15. The summed E-state index contributed by atoms with van der Waals surface area (Å²) in [5.41, 5.74) is 0.805. The van der Waals surface area contributed by atoms with Crippen LogP contribution in [0.3, 0.4) is 0 Å². The zero-order valence-corrected chi connectivity index (χ0v) is 12.2. The number of rotatable bonds is 8. The Hall–Kier alpha value is -0.940. The molecule has 18 heavy (non-hydrogen) atoms. The van der Waals surface area contributed by atoms with Crippen LogP contribution in [0.2, 0.25) is 0 Å². The topological polar surface area (TPSA) is 52.0 Å². The van der Waals surface area contributed by atoms with E-state index in [1.54, 1.807) is 7.11 Å². The standard InChI is InChI=1S/C13H26N4O/c1-6-8-14-12(13(3,4)18-5)11-10-15-16-17(11)9-7-2/h10,12,14H,6-9H2,1-5H3. The molecule has 1 aromatic rings. The number of methoxy groups -OCH3 is 1. The molecule has 0 saturated heterocycles. The molecule has 1 unspecified atom stereocenters. The fourth-order valence-electron chi connectivity index (χ4n) is 1.99. The molecule has 0 fully saturated rings. The zero-order valence-electron chi connectivity index (χ0n) is 12.2.